The van der Waals surface area contributed by atoms with Gasteiger partial charge in [0.25, 0.3) is 5.91 Å². The molecule has 1 rings (SSSR count). The maximum Gasteiger partial charge on any atom is 0.331 e. The van der Waals surface area contributed by atoms with Gasteiger partial charge in [0.2, 0.25) is 0 Å². The van der Waals surface area contributed by atoms with Crippen LogP contribution in [0.1, 0.15) is 31.9 Å². The van der Waals surface area contributed by atoms with Gasteiger partial charge in [0, 0.05) is 12.1 Å². The Morgan fingerprint density at radius 1 is 1.13 bits per heavy atom. The Morgan fingerprint density at radius 2 is 1.78 bits per heavy atom. The van der Waals surface area contributed by atoms with Gasteiger partial charge >= 0.3 is 12.0 Å². The van der Waals surface area contributed by atoms with Crippen LogP contribution in [0.3, 0.4) is 0 Å². The third kappa shape index (κ3) is 6.78. The number of imide groups is 1. The molecule has 6 nitrogen and oxygen atoms in total. The van der Waals surface area contributed by atoms with Crippen molar-refractivity contribution in [2.45, 2.75) is 39.8 Å². The van der Waals surface area contributed by atoms with E-state index >= 15 is 0 Å². The van der Waals surface area contributed by atoms with E-state index in [0.29, 0.717) is 0 Å². The van der Waals surface area contributed by atoms with Crippen molar-refractivity contribution in [1.29, 1.82) is 0 Å². The van der Waals surface area contributed by atoms with E-state index < -0.39 is 24.0 Å². The van der Waals surface area contributed by atoms with Gasteiger partial charge in [-0.2, -0.15) is 0 Å². The first kappa shape index (κ1) is 18.4. The molecule has 0 heterocycles. The fourth-order valence-electron chi connectivity index (χ4n) is 1.71. The number of rotatable bonds is 5. The summed E-state index contributed by atoms with van der Waals surface area (Å²) in [7, 11) is 0. The van der Waals surface area contributed by atoms with Crippen LogP contribution < -0.4 is 10.6 Å². The van der Waals surface area contributed by atoms with Gasteiger partial charge in [0.05, 0.1) is 0 Å². The molecule has 0 spiro atoms. The van der Waals surface area contributed by atoms with Crippen LogP contribution in [0.15, 0.2) is 30.3 Å². The van der Waals surface area contributed by atoms with E-state index in [1.165, 1.54) is 13.0 Å². The van der Waals surface area contributed by atoms with Crippen molar-refractivity contribution < 1.29 is 19.1 Å². The van der Waals surface area contributed by atoms with Gasteiger partial charge in [-0.25, -0.2) is 9.59 Å². The number of amides is 3. The van der Waals surface area contributed by atoms with Crippen LogP contribution in [0.2, 0.25) is 0 Å². The van der Waals surface area contributed by atoms with Gasteiger partial charge < -0.3 is 10.1 Å². The summed E-state index contributed by atoms with van der Waals surface area (Å²) < 4.78 is 4.96. The molecule has 1 aromatic carbocycles. The van der Waals surface area contributed by atoms with Crippen molar-refractivity contribution in [3.8, 4) is 0 Å². The molecule has 6 heteroatoms. The Kier molecular flexibility index (Phi) is 6.99. The van der Waals surface area contributed by atoms with E-state index in [2.05, 4.69) is 10.6 Å². The van der Waals surface area contributed by atoms with Gasteiger partial charge in [-0.1, -0.05) is 24.3 Å². The molecule has 0 saturated carbocycles. The number of hydrogen-bond donors (Lipinski definition) is 2. The summed E-state index contributed by atoms with van der Waals surface area (Å²) >= 11 is 0. The highest BCUT2D eigenvalue weighted by molar-refractivity contribution is 5.98. The maximum atomic E-state index is 11.7. The number of benzene rings is 1. The zero-order valence-corrected chi connectivity index (χ0v) is 13.8. The molecule has 1 aromatic rings. The largest absolute Gasteiger partial charge is 0.449 e. The van der Waals surface area contributed by atoms with Gasteiger partial charge in [0.15, 0.2) is 6.10 Å². The molecule has 0 aliphatic rings. The molecule has 0 aliphatic carbocycles. The minimum Gasteiger partial charge on any atom is -0.449 e. The van der Waals surface area contributed by atoms with Crippen molar-refractivity contribution in [2.24, 2.45) is 0 Å². The van der Waals surface area contributed by atoms with Crippen LogP contribution >= 0.6 is 0 Å². The first-order valence-electron chi connectivity index (χ1n) is 7.35. The predicted octanol–water partition coefficient (Wildman–Crippen LogP) is 2.17. The third-order valence-electron chi connectivity index (χ3n) is 2.91. The third-order valence-corrected chi connectivity index (χ3v) is 2.91. The first-order chi connectivity index (χ1) is 10.8. The Bertz CT molecular complexity index is 608. The summed E-state index contributed by atoms with van der Waals surface area (Å²) in [6.07, 6.45) is 1.80. The molecular formula is C17H22N2O4. The number of ether oxygens (including phenoxy) is 1. The molecule has 0 radical (unpaired) electrons. The summed E-state index contributed by atoms with van der Waals surface area (Å²) in [4.78, 5) is 34.8. The second-order valence-electron chi connectivity index (χ2n) is 5.39. The van der Waals surface area contributed by atoms with Crippen molar-refractivity contribution >= 4 is 24.0 Å². The molecule has 0 fully saturated rings. The number of carbonyl (C=O) groups excluding carboxylic acids is 3. The average molecular weight is 318 g/mol. The van der Waals surface area contributed by atoms with E-state index in [-0.39, 0.29) is 6.04 Å². The van der Waals surface area contributed by atoms with Crippen LogP contribution in [0.25, 0.3) is 6.08 Å². The second-order valence-corrected chi connectivity index (χ2v) is 5.39. The van der Waals surface area contributed by atoms with E-state index in [1.54, 1.807) is 19.9 Å². The first-order valence-corrected chi connectivity index (χ1v) is 7.35. The summed E-state index contributed by atoms with van der Waals surface area (Å²) in [5.41, 5.74) is 1.91. The van der Waals surface area contributed by atoms with Gasteiger partial charge in [0.1, 0.15) is 0 Å². The summed E-state index contributed by atoms with van der Waals surface area (Å²) in [6, 6.07) is 6.84. The maximum absolute atomic E-state index is 11.7. The van der Waals surface area contributed by atoms with Gasteiger partial charge in [-0.15, -0.1) is 0 Å². The van der Waals surface area contributed by atoms with Crippen molar-refractivity contribution in [3.63, 3.8) is 0 Å². The molecule has 1 atom stereocenters. The molecule has 0 aliphatic heterocycles. The topological polar surface area (TPSA) is 84.5 Å². The zero-order valence-electron chi connectivity index (χ0n) is 13.8. The Balaban J connectivity index is 2.51. The monoisotopic (exact) mass is 318 g/mol. The fraction of sp³-hybridized carbons (Fsp3) is 0.353. The van der Waals surface area contributed by atoms with Crippen LogP contribution in [0.5, 0.6) is 0 Å². The van der Waals surface area contributed by atoms with Crippen molar-refractivity contribution in [3.05, 3.63) is 41.5 Å². The predicted molar refractivity (Wildman–Crippen MR) is 87.6 cm³/mol. The lowest BCUT2D eigenvalue weighted by atomic mass is 10.1. The number of carbonyl (C=O) groups is 3. The smallest absolute Gasteiger partial charge is 0.331 e. The molecule has 23 heavy (non-hydrogen) atoms. The number of aryl methyl sites for hydroxylation is 1. The number of esters is 1. The normalized spacial score (nSPS) is 12.0. The lowest BCUT2D eigenvalue weighted by Crippen LogP contribution is -2.46. The minimum absolute atomic E-state index is 0.0994. The van der Waals surface area contributed by atoms with Gasteiger partial charge in [-0.05, 0) is 44.9 Å². The molecular weight excluding hydrogens is 296 g/mol. The second kappa shape index (κ2) is 8.73. The lowest BCUT2D eigenvalue weighted by Gasteiger charge is -2.13. The Labute approximate surface area is 135 Å². The highest BCUT2D eigenvalue weighted by atomic mass is 16.5. The molecule has 124 valence electrons. The zero-order chi connectivity index (χ0) is 17.4. The van der Waals surface area contributed by atoms with E-state index in [9.17, 15) is 14.4 Å². The quantitative estimate of drug-likeness (QED) is 0.644. The van der Waals surface area contributed by atoms with E-state index in [1.807, 2.05) is 31.2 Å². The number of hydrogen-bond acceptors (Lipinski definition) is 4. The number of urea groups is 1. The van der Waals surface area contributed by atoms with Crippen molar-refractivity contribution in [2.75, 3.05) is 0 Å². The Hall–Kier alpha value is -2.63. The molecule has 0 saturated heterocycles. The van der Waals surface area contributed by atoms with E-state index in [4.69, 9.17) is 4.74 Å². The Morgan fingerprint density at radius 3 is 2.39 bits per heavy atom. The van der Waals surface area contributed by atoms with Crippen LogP contribution in [0.4, 0.5) is 4.79 Å². The highest BCUT2D eigenvalue weighted by Gasteiger charge is 2.19. The summed E-state index contributed by atoms with van der Waals surface area (Å²) in [6.45, 7) is 6.86. The molecule has 0 aromatic heterocycles. The SMILES string of the molecule is Cc1ccccc1/C=C/C(=O)O[C@@H](C)C(=O)NC(=O)NC(C)C. The molecule has 3 amide bonds. The van der Waals surface area contributed by atoms with Crippen molar-refractivity contribution in [1.82, 2.24) is 10.6 Å². The fourth-order valence-corrected chi connectivity index (χ4v) is 1.71. The van der Waals surface area contributed by atoms with E-state index in [0.717, 1.165) is 11.1 Å². The summed E-state index contributed by atoms with van der Waals surface area (Å²) in [5.74, 6) is -1.33. The molecule has 2 N–H and O–H groups in total. The van der Waals surface area contributed by atoms with Crippen LogP contribution in [-0.4, -0.2) is 30.1 Å². The highest BCUT2D eigenvalue weighted by Crippen LogP contribution is 2.09. The van der Waals surface area contributed by atoms with Gasteiger partial charge in [-0.3, -0.25) is 10.1 Å². The molecule has 0 bridgehead atoms. The summed E-state index contributed by atoms with van der Waals surface area (Å²) in [5, 5.41) is 4.62. The van der Waals surface area contributed by atoms with Crippen LogP contribution in [-0.2, 0) is 14.3 Å². The average Bonchev–Trinajstić information content (AvgIpc) is 2.45. The lowest BCUT2D eigenvalue weighted by molar-refractivity contribution is -0.149. The number of nitrogens with one attached hydrogen (secondary N) is 2. The van der Waals surface area contributed by atoms with Crippen LogP contribution in [0, 0.1) is 6.92 Å². The molecule has 0 unspecified atom stereocenters. The minimum atomic E-state index is -1.07. The standard InChI is InChI=1S/C17H22N2O4/c1-11(2)18-17(22)19-16(21)13(4)23-15(20)10-9-14-8-6-5-7-12(14)3/h5-11,13H,1-4H3,(H2,18,19,21,22)/b10-9+/t13-/m0/s1.